The Bertz CT molecular complexity index is 1430. The first-order valence-electron chi connectivity index (χ1n) is 13.1. The fourth-order valence-corrected chi connectivity index (χ4v) is 6.05. The summed E-state index contributed by atoms with van der Waals surface area (Å²) in [6.45, 7) is 5.29. The molecule has 0 radical (unpaired) electrons. The van der Waals surface area contributed by atoms with Crippen LogP contribution < -0.4 is 4.74 Å². The van der Waals surface area contributed by atoms with E-state index in [1.54, 1.807) is 30.9 Å². The smallest absolute Gasteiger partial charge is 0.331 e. The van der Waals surface area contributed by atoms with Gasteiger partial charge in [0, 0.05) is 23.1 Å². The van der Waals surface area contributed by atoms with Gasteiger partial charge in [-0.2, -0.15) is 0 Å². The number of aliphatic hydroxyl groups excluding tert-OH is 2. The second-order valence-corrected chi connectivity index (χ2v) is 10.5. The number of aryl methyl sites for hydroxylation is 1. The molecule has 2 saturated heterocycles. The maximum absolute atomic E-state index is 14.3. The summed E-state index contributed by atoms with van der Waals surface area (Å²) in [7, 11) is 0. The van der Waals surface area contributed by atoms with E-state index in [-0.39, 0.29) is 45.9 Å². The number of phenols is 1. The van der Waals surface area contributed by atoms with Crippen LogP contribution in [0.25, 0.3) is 5.57 Å². The summed E-state index contributed by atoms with van der Waals surface area (Å²) < 4.78 is 17.4. The molecule has 6 rings (SSSR count). The zero-order chi connectivity index (χ0) is 27.7. The third-order valence-electron chi connectivity index (χ3n) is 7.83. The number of fused-ring (bicyclic) bond motifs is 6. The molecule has 2 fully saturated rings. The lowest BCUT2D eigenvalue weighted by Crippen LogP contribution is -2.48. The van der Waals surface area contributed by atoms with Crippen LogP contribution in [0.4, 0.5) is 0 Å². The topological polar surface area (TPSA) is 143 Å². The third kappa shape index (κ3) is 3.77. The lowest BCUT2D eigenvalue weighted by molar-refractivity contribution is -0.216. The molecule has 3 N–H and O–H groups in total. The van der Waals surface area contributed by atoms with Gasteiger partial charge in [-0.25, -0.2) is 4.79 Å². The van der Waals surface area contributed by atoms with Crippen LogP contribution in [0.2, 0.25) is 0 Å². The molecule has 204 valence electrons. The van der Waals surface area contributed by atoms with E-state index in [0.29, 0.717) is 24.0 Å². The molecule has 4 aliphatic rings. The first-order chi connectivity index (χ1) is 18.6. The average molecular weight is 536 g/mol. The molecule has 0 bridgehead atoms. The average Bonchev–Trinajstić information content (AvgIpc) is 3.21. The van der Waals surface area contributed by atoms with Crippen LogP contribution in [0.5, 0.6) is 11.5 Å². The summed E-state index contributed by atoms with van der Waals surface area (Å²) in [5.74, 6) is -1.65. The highest BCUT2D eigenvalue weighted by molar-refractivity contribution is 6.41. The van der Waals surface area contributed by atoms with E-state index in [1.807, 2.05) is 6.92 Å². The quantitative estimate of drug-likeness (QED) is 0.500. The van der Waals surface area contributed by atoms with E-state index in [9.17, 15) is 29.7 Å². The number of nitrogens with zero attached hydrogens (tertiary/aromatic N) is 1. The molecule has 2 aromatic rings. The molecule has 3 heterocycles. The van der Waals surface area contributed by atoms with E-state index < -0.39 is 54.4 Å². The number of ether oxygens (including phenoxy) is 3. The van der Waals surface area contributed by atoms with Crippen molar-refractivity contribution in [1.29, 1.82) is 0 Å². The van der Waals surface area contributed by atoms with Crippen LogP contribution in [0, 0.1) is 6.92 Å². The van der Waals surface area contributed by atoms with Gasteiger partial charge in [0.05, 0.1) is 23.3 Å². The van der Waals surface area contributed by atoms with Crippen molar-refractivity contribution in [3.8, 4) is 11.5 Å². The van der Waals surface area contributed by atoms with Gasteiger partial charge in [0.25, 0.3) is 0 Å². The number of aromatic hydroxyl groups is 1. The van der Waals surface area contributed by atoms with Gasteiger partial charge in [0.1, 0.15) is 29.3 Å². The third-order valence-corrected chi connectivity index (χ3v) is 7.83. The lowest BCUT2D eigenvalue weighted by atomic mass is 9.78. The van der Waals surface area contributed by atoms with Gasteiger partial charge >= 0.3 is 5.97 Å². The van der Waals surface area contributed by atoms with Crippen LogP contribution >= 0.6 is 0 Å². The molecule has 3 aliphatic heterocycles. The molecule has 10 nitrogen and oxygen atoms in total. The predicted octanol–water partition coefficient (Wildman–Crippen LogP) is 2.77. The molecule has 10 heteroatoms. The molecule has 0 saturated carbocycles. The Labute approximate surface area is 224 Å². The number of benzene rings is 2. The van der Waals surface area contributed by atoms with Crippen molar-refractivity contribution in [2.75, 3.05) is 0 Å². The van der Waals surface area contributed by atoms with Gasteiger partial charge < -0.3 is 34.4 Å². The maximum Gasteiger partial charge on any atom is 0.331 e. The second-order valence-electron chi connectivity index (χ2n) is 10.5. The summed E-state index contributed by atoms with van der Waals surface area (Å²) in [6, 6.07) is 7.10. The minimum Gasteiger partial charge on any atom is -0.507 e. The number of aliphatic hydroxyl groups is 2. The van der Waals surface area contributed by atoms with E-state index in [2.05, 4.69) is 0 Å². The summed E-state index contributed by atoms with van der Waals surface area (Å²) in [4.78, 5) is 43.0. The van der Waals surface area contributed by atoms with Crippen LogP contribution in [0.15, 0.2) is 36.0 Å². The number of hydrogen-bond donors (Lipinski definition) is 3. The molecule has 0 spiro atoms. The monoisotopic (exact) mass is 535 g/mol. The summed E-state index contributed by atoms with van der Waals surface area (Å²) >= 11 is 0. The fourth-order valence-electron chi connectivity index (χ4n) is 6.05. The Morgan fingerprint density at radius 3 is 2.59 bits per heavy atom. The normalized spacial score (nSPS) is 29.5. The standard InChI is InChI=1S/C29H29NO9/c1-4-6-16-29(36)39-28-15-9-12(2)10-17(31)21(15)23-24(30(16)28)27(35)22-14(26(23)34)7-5-8-19(22)38-20-11-18(32)25(33)13(3)37-20/h5,7-10,13,16,18,20,25,28,31-33H,4,6,11H2,1-3H3/t13?,16-,18?,20+,25+,28?/m1/s1. The van der Waals surface area contributed by atoms with Crippen molar-refractivity contribution in [3.63, 3.8) is 0 Å². The van der Waals surface area contributed by atoms with Crippen molar-refractivity contribution >= 4 is 23.1 Å². The first-order valence-corrected chi connectivity index (χ1v) is 13.1. The Balaban J connectivity index is 1.51. The minimum absolute atomic E-state index is 0.00140. The molecule has 39 heavy (non-hydrogen) atoms. The van der Waals surface area contributed by atoms with Crippen LogP contribution in [-0.2, 0) is 14.3 Å². The first kappa shape index (κ1) is 25.5. The fraction of sp³-hybridized carbons (Fsp3) is 0.414. The van der Waals surface area contributed by atoms with Gasteiger partial charge in [-0.1, -0.05) is 25.5 Å². The number of hydrogen-bond acceptors (Lipinski definition) is 10. The van der Waals surface area contributed by atoms with Crippen molar-refractivity contribution in [2.45, 2.75) is 76.9 Å². The molecule has 0 aromatic heterocycles. The van der Waals surface area contributed by atoms with Gasteiger partial charge in [-0.15, -0.1) is 0 Å². The SMILES string of the molecule is CCC[C@@H]1C(=O)OC2c3cc(C)cc(O)c3C3=C(C(=O)c4c(O[C@H]5CC(O)[C@@H](O)C(C)O5)cccc4C3=O)N21. The van der Waals surface area contributed by atoms with Crippen LogP contribution in [0.3, 0.4) is 0 Å². The molecule has 0 amide bonds. The largest absolute Gasteiger partial charge is 0.507 e. The van der Waals surface area contributed by atoms with Crippen molar-refractivity contribution in [3.05, 3.63) is 63.8 Å². The molecule has 1 aliphatic carbocycles. The predicted molar refractivity (Wildman–Crippen MR) is 136 cm³/mol. The molecular formula is C29H29NO9. The summed E-state index contributed by atoms with van der Waals surface area (Å²) in [5.41, 5.74) is 1.44. The van der Waals surface area contributed by atoms with Crippen LogP contribution in [0.1, 0.15) is 76.7 Å². The van der Waals surface area contributed by atoms with Crippen molar-refractivity contribution < 1.29 is 43.9 Å². The van der Waals surface area contributed by atoms with Crippen molar-refractivity contribution in [1.82, 2.24) is 4.90 Å². The van der Waals surface area contributed by atoms with E-state index in [0.717, 1.165) is 0 Å². The Hall–Kier alpha value is -3.73. The Kier molecular flexibility index (Phi) is 6.01. The Morgan fingerprint density at radius 1 is 1.10 bits per heavy atom. The van der Waals surface area contributed by atoms with Gasteiger partial charge in [-0.3, -0.25) is 9.59 Å². The molecule has 3 unspecified atom stereocenters. The number of carbonyl (C=O) groups excluding carboxylic acids is 3. The summed E-state index contributed by atoms with van der Waals surface area (Å²) in [5, 5.41) is 31.2. The lowest BCUT2D eigenvalue weighted by Gasteiger charge is -2.39. The highest BCUT2D eigenvalue weighted by Crippen LogP contribution is 2.52. The highest BCUT2D eigenvalue weighted by atomic mass is 16.7. The van der Waals surface area contributed by atoms with Gasteiger partial charge in [0.2, 0.25) is 18.3 Å². The number of ketones is 2. The molecular weight excluding hydrogens is 506 g/mol. The van der Waals surface area contributed by atoms with Crippen molar-refractivity contribution in [2.24, 2.45) is 0 Å². The minimum atomic E-state index is -1.09. The van der Waals surface area contributed by atoms with E-state index in [1.165, 1.54) is 18.2 Å². The van der Waals surface area contributed by atoms with Gasteiger partial charge in [-0.05, 0) is 44.0 Å². The molecule has 2 aromatic carbocycles. The molecule has 6 atom stereocenters. The summed E-state index contributed by atoms with van der Waals surface area (Å²) in [6.07, 6.45) is -3.83. The number of rotatable bonds is 4. The zero-order valence-corrected chi connectivity index (χ0v) is 21.7. The number of Topliss-reactive ketones (excluding diaryl/α,β-unsaturated/α-hetero) is 2. The maximum atomic E-state index is 14.3. The Morgan fingerprint density at radius 2 is 1.87 bits per heavy atom. The van der Waals surface area contributed by atoms with E-state index >= 15 is 0 Å². The number of esters is 1. The highest BCUT2D eigenvalue weighted by Gasteiger charge is 2.53. The zero-order valence-electron chi connectivity index (χ0n) is 21.7. The van der Waals surface area contributed by atoms with Gasteiger partial charge in [0.15, 0.2) is 5.78 Å². The number of allylic oxidation sites excluding steroid dienone is 2. The second kappa shape index (κ2) is 9.18. The number of carbonyl (C=O) groups is 3. The van der Waals surface area contributed by atoms with Crippen LogP contribution in [-0.4, -0.2) is 68.4 Å². The number of phenolic OH excluding ortho intramolecular Hbond substituents is 1. The van der Waals surface area contributed by atoms with E-state index in [4.69, 9.17) is 14.2 Å².